The molecular weight excluding hydrogens is 531 g/mol. The van der Waals surface area contributed by atoms with Crippen molar-refractivity contribution < 1.29 is 36.2 Å². The zero-order valence-corrected chi connectivity index (χ0v) is 22.4. The Kier molecular flexibility index (Phi) is 11.2. The van der Waals surface area contributed by atoms with Crippen molar-refractivity contribution in [3.05, 3.63) is 59.7 Å². The standard InChI is InChI=1S/C30H37F5N2O3/c31-29(32,33)18-3-4-21-6-12-24(13-7-21)30(34,35)40-26-15-8-22(9-16-26)10-17-28(38)39-19-2-1-5-23-11-14-25(36)20-27(23)37/h8-11,14-17,20-21,24H,1-7,12-13,18-19,36-37H2/b17-10+. The molecular formula is C30H37F5N2O3. The van der Waals surface area contributed by atoms with Crippen molar-refractivity contribution in [1.29, 1.82) is 0 Å². The molecule has 0 amide bonds. The molecule has 4 N–H and O–H groups in total. The van der Waals surface area contributed by atoms with Gasteiger partial charge in [-0.25, -0.2) is 4.79 Å². The molecule has 2 aromatic carbocycles. The maximum Gasteiger partial charge on any atom is 0.400 e. The number of benzene rings is 2. The molecule has 1 aliphatic rings. The van der Waals surface area contributed by atoms with Gasteiger partial charge in [0.15, 0.2) is 0 Å². The number of hydrogen-bond acceptors (Lipinski definition) is 5. The SMILES string of the molecule is Nc1ccc(CCCCOC(=O)/C=C/c2ccc(OC(F)(F)C3CCC(CCCC(F)(F)F)CC3)cc2)c(N)c1. The van der Waals surface area contributed by atoms with E-state index in [2.05, 4.69) is 0 Å². The Balaban J connectivity index is 1.35. The molecule has 0 unspecified atom stereocenters. The van der Waals surface area contributed by atoms with E-state index in [1.165, 1.54) is 24.3 Å². The minimum atomic E-state index is -4.18. The van der Waals surface area contributed by atoms with Crippen LogP contribution < -0.4 is 16.2 Å². The summed E-state index contributed by atoms with van der Waals surface area (Å²) in [5.41, 5.74) is 14.5. The molecule has 0 radical (unpaired) electrons. The van der Waals surface area contributed by atoms with Gasteiger partial charge in [0, 0.05) is 23.9 Å². The van der Waals surface area contributed by atoms with E-state index in [0.717, 1.165) is 18.4 Å². The van der Waals surface area contributed by atoms with Gasteiger partial charge in [-0.05, 0) is 98.8 Å². The van der Waals surface area contributed by atoms with Crippen molar-refractivity contribution >= 4 is 23.4 Å². The topological polar surface area (TPSA) is 87.6 Å². The number of aryl methyl sites for hydroxylation is 1. The Hall–Kier alpha value is -3.30. The second-order valence-corrected chi connectivity index (χ2v) is 10.4. The van der Waals surface area contributed by atoms with E-state index in [1.54, 1.807) is 24.3 Å². The average Bonchev–Trinajstić information content (AvgIpc) is 2.88. The summed E-state index contributed by atoms with van der Waals surface area (Å²) in [7, 11) is 0. The molecule has 0 spiro atoms. The van der Waals surface area contributed by atoms with Crippen LogP contribution in [0.15, 0.2) is 48.5 Å². The highest BCUT2D eigenvalue weighted by atomic mass is 19.4. The molecule has 10 heteroatoms. The quantitative estimate of drug-likeness (QED) is 0.0842. The van der Waals surface area contributed by atoms with Crippen molar-refractivity contribution in [1.82, 2.24) is 0 Å². The first kappa shape index (κ1) is 31.2. The summed E-state index contributed by atoms with van der Waals surface area (Å²) in [4.78, 5) is 12.0. The van der Waals surface area contributed by atoms with Crippen LogP contribution in [0.1, 0.15) is 68.9 Å². The first-order chi connectivity index (χ1) is 18.9. The largest absolute Gasteiger partial charge is 0.463 e. The predicted octanol–water partition coefficient (Wildman–Crippen LogP) is 7.94. The van der Waals surface area contributed by atoms with Crippen LogP contribution in [0.5, 0.6) is 5.75 Å². The van der Waals surface area contributed by atoms with Gasteiger partial charge < -0.3 is 20.9 Å². The number of rotatable bonds is 13. The molecule has 1 saturated carbocycles. The molecule has 5 nitrogen and oxygen atoms in total. The molecule has 0 bridgehead atoms. The Labute approximate surface area is 231 Å². The number of carbonyl (C=O) groups is 1. The fraction of sp³-hybridized carbons (Fsp3) is 0.500. The van der Waals surface area contributed by atoms with E-state index in [9.17, 15) is 26.7 Å². The fourth-order valence-electron chi connectivity index (χ4n) is 4.91. The van der Waals surface area contributed by atoms with Gasteiger partial charge in [0.1, 0.15) is 5.75 Å². The number of alkyl halides is 5. The van der Waals surface area contributed by atoms with Gasteiger partial charge in [0.05, 0.1) is 12.5 Å². The normalized spacial score (nSPS) is 18.1. The third-order valence-corrected chi connectivity index (χ3v) is 7.20. The van der Waals surface area contributed by atoms with E-state index in [1.807, 2.05) is 6.07 Å². The highest BCUT2D eigenvalue weighted by Gasteiger charge is 2.44. The van der Waals surface area contributed by atoms with Crippen molar-refractivity contribution in [2.24, 2.45) is 11.8 Å². The second kappa shape index (κ2) is 14.4. The van der Waals surface area contributed by atoms with Crippen LogP contribution in [0.3, 0.4) is 0 Å². The number of nitrogens with two attached hydrogens (primary N) is 2. The summed E-state index contributed by atoms with van der Waals surface area (Å²) in [5, 5.41) is 0. The maximum absolute atomic E-state index is 14.7. The summed E-state index contributed by atoms with van der Waals surface area (Å²) in [6, 6.07) is 11.3. The Morgan fingerprint density at radius 1 is 0.925 bits per heavy atom. The number of hydrogen-bond donors (Lipinski definition) is 2. The number of carbonyl (C=O) groups excluding carboxylic acids is 1. The van der Waals surface area contributed by atoms with Crippen LogP contribution in [0.25, 0.3) is 6.08 Å². The molecule has 1 aliphatic carbocycles. The number of esters is 1. The average molecular weight is 569 g/mol. The first-order valence-corrected chi connectivity index (χ1v) is 13.6. The summed E-state index contributed by atoms with van der Waals surface area (Å²) < 4.78 is 76.6. The number of unbranched alkanes of at least 4 members (excludes halogenated alkanes) is 1. The summed E-state index contributed by atoms with van der Waals surface area (Å²) in [6.45, 7) is 0.259. The third-order valence-electron chi connectivity index (χ3n) is 7.20. The number of anilines is 2. The molecule has 0 aliphatic heterocycles. The van der Waals surface area contributed by atoms with E-state index in [0.29, 0.717) is 42.6 Å². The molecule has 0 heterocycles. The van der Waals surface area contributed by atoms with Crippen LogP contribution in [0, 0.1) is 11.8 Å². The number of ether oxygens (including phenoxy) is 2. The fourth-order valence-corrected chi connectivity index (χ4v) is 4.91. The van der Waals surface area contributed by atoms with Crippen molar-refractivity contribution in [2.75, 3.05) is 18.1 Å². The van der Waals surface area contributed by atoms with Crippen LogP contribution in [-0.4, -0.2) is 24.9 Å². The van der Waals surface area contributed by atoms with Gasteiger partial charge in [0.2, 0.25) is 0 Å². The lowest BCUT2D eigenvalue weighted by Gasteiger charge is -2.33. The zero-order valence-electron chi connectivity index (χ0n) is 22.4. The lowest BCUT2D eigenvalue weighted by molar-refractivity contribution is -0.223. The molecule has 3 rings (SSSR count). The smallest absolute Gasteiger partial charge is 0.400 e. The number of halogens is 5. The molecule has 220 valence electrons. The minimum Gasteiger partial charge on any atom is -0.463 e. The maximum atomic E-state index is 14.7. The molecule has 0 saturated heterocycles. The first-order valence-electron chi connectivity index (χ1n) is 13.6. The van der Waals surface area contributed by atoms with E-state index >= 15 is 0 Å². The van der Waals surface area contributed by atoms with Gasteiger partial charge in [-0.15, -0.1) is 0 Å². The Morgan fingerprint density at radius 3 is 2.27 bits per heavy atom. The molecule has 40 heavy (non-hydrogen) atoms. The van der Waals surface area contributed by atoms with Gasteiger partial charge in [-0.2, -0.15) is 22.0 Å². The summed E-state index contributed by atoms with van der Waals surface area (Å²) in [6.07, 6.45) is -1.58. The van der Waals surface area contributed by atoms with Gasteiger partial charge >= 0.3 is 18.3 Å². The molecule has 0 atom stereocenters. The Morgan fingerprint density at radius 2 is 1.62 bits per heavy atom. The van der Waals surface area contributed by atoms with E-state index in [4.69, 9.17) is 20.9 Å². The van der Waals surface area contributed by atoms with Crippen molar-refractivity contribution in [3.8, 4) is 5.75 Å². The summed E-state index contributed by atoms with van der Waals surface area (Å²) >= 11 is 0. The van der Waals surface area contributed by atoms with Crippen LogP contribution in [0.4, 0.5) is 33.3 Å². The van der Waals surface area contributed by atoms with Crippen molar-refractivity contribution in [2.45, 2.75) is 76.5 Å². The lowest BCUT2D eigenvalue weighted by Crippen LogP contribution is -2.37. The Bertz CT molecular complexity index is 1110. The lowest BCUT2D eigenvalue weighted by atomic mass is 9.79. The summed E-state index contributed by atoms with van der Waals surface area (Å²) in [5.74, 6) is -1.45. The van der Waals surface area contributed by atoms with Gasteiger partial charge in [0.25, 0.3) is 0 Å². The molecule has 2 aromatic rings. The van der Waals surface area contributed by atoms with E-state index in [-0.39, 0.29) is 37.5 Å². The van der Waals surface area contributed by atoms with Gasteiger partial charge in [-0.1, -0.05) is 24.6 Å². The molecule has 0 aromatic heterocycles. The highest BCUT2D eigenvalue weighted by Crippen LogP contribution is 2.41. The second-order valence-electron chi connectivity index (χ2n) is 10.4. The minimum absolute atomic E-state index is 0.00114. The van der Waals surface area contributed by atoms with E-state index < -0.39 is 30.6 Å². The van der Waals surface area contributed by atoms with Crippen molar-refractivity contribution in [3.63, 3.8) is 0 Å². The highest BCUT2D eigenvalue weighted by molar-refractivity contribution is 5.87. The number of nitrogen functional groups attached to an aromatic ring is 2. The van der Waals surface area contributed by atoms with Gasteiger partial charge in [-0.3, -0.25) is 0 Å². The van der Waals surface area contributed by atoms with Crippen LogP contribution >= 0.6 is 0 Å². The third kappa shape index (κ3) is 10.7. The predicted molar refractivity (Wildman–Crippen MR) is 146 cm³/mol. The monoisotopic (exact) mass is 568 g/mol. The zero-order chi connectivity index (χ0) is 29.2. The van der Waals surface area contributed by atoms with Crippen LogP contribution in [0.2, 0.25) is 0 Å². The molecule has 1 fully saturated rings. The van der Waals surface area contributed by atoms with Crippen LogP contribution in [-0.2, 0) is 16.0 Å².